The Kier molecular flexibility index (Phi) is 14.7. The van der Waals surface area contributed by atoms with Crippen molar-refractivity contribution in [3.63, 3.8) is 0 Å². The molecule has 0 spiro atoms. The molecule has 0 aliphatic carbocycles. The lowest BCUT2D eigenvalue weighted by Gasteiger charge is -2.22. The molecule has 0 bridgehead atoms. The third kappa shape index (κ3) is 12.7. The van der Waals surface area contributed by atoms with E-state index in [0.29, 0.717) is 6.42 Å². The van der Waals surface area contributed by atoms with Crippen LogP contribution < -0.4 is 0 Å². The first-order valence-corrected chi connectivity index (χ1v) is 12.0. The highest BCUT2D eigenvalue weighted by Gasteiger charge is 2.40. The maximum atomic E-state index is 12.7. The second-order valence-electron chi connectivity index (χ2n) is 7.28. The van der Waals surface area contributed by atoms with Crippen molar-refractivity contribution in [1.82, 2.24) is 0 Å². The lowest BCUT2D eigenvalue weighted by atomic mass is 10.1. The zero-order valence-electron chi connectivity index (χ0n) is 18.8. The zero-order valence-corrected chi connectivity index (χ0v) is 19.7. The van der Waals surface area contributed by atoms with E-state index in [1.54, 1.807) is 13.8 Å². The molecule has 0 aliphatic rings. The number of carboxylic acid groups (broad SMARTS) is 1. The van der Waals surface area contributed by atoms with Gasteiger partial charge < -0.3 is 14.2 Å². The molecule has 29 heavy (non-hydrogen) atoms. The van der Waals surface area contributed by atoms with E-state index in [4.69, 9.17) is 9.05 Å². The third-order valence-corrected chi connectivity index (χ3v) is 6.77. The molecule has 0 radical (unpaired) electrons. The Balaban J connectivity index is 4.51. The summed E-state index contributed by atoms with van der Waals surface area (Å²) in [5.41, 5.74) is 2.56. The number of hydrogen-bond acceptors (Lipinski definition) is 4. The first-order chi connectivity index (χ1) is 13.7. The van der Waals surface area contributed by atoms with Crippen molar-refractivity contribution in [3.05, 3.63) is 47.6 Å². The molecule has 0 amide bonds. The number of allylic oxidation sites excluding steroid dienone is 7. The van der Waals surface area contributed by atoms with Gasteiger partial charge in [-0.1, -0.05) is 47.6 Å². The molecule has 1 unspecified atom stereocenters. The number of aliphatic carboxylic acids is 1. The molecule has 166 valence electrons. The Morgan fingerprint density at radius 2 is 1.62 bits per heavy atom. The summed E-state index contributed by atoms with van der Waals surface area (Å²) in [6.07, 6.45) is 12.9. The van der Waals surface area contributed by atoms with Crippen molar-refractivity contribution in [2.24, 2.45) is 0 Å². The quantitative estimate of drug-likeness (QED) is 0.162. The average Bonchev–Trinajstić information content (AvgIpc) is 2.61. The summed E-state index contributed by atoms with van der Waals surface area (Å²) in [5.74, 6) is -1.16. The van der Waals surface area contributed by atoms with Crippen LogP contribution in [0.25, 0.3) is 0 Å². The molecule has 6 heteroatoms. The first kappa shape index (κ1) is 27.6. The highest BCUT2D eigenvalue weighted by molar-refractivity contribution is 7.55. The highest BCUT2D eigenvalue weighted by atomic mass is 31.2. The van der Waals surface area contributed by atoms with Gasteiger partial charge in [0.2, 0.25) is 0 Å². The third-order valence-electron chi connectivity index (χ3n) is 4.29. The molecular weight excluding hydrogens is 387 g/mol. The number of rotatable bonds is 16. The minimum Gasteiger partial charge on any atom is -0.481 e. The maximum absolute atomic E-state index is 12.7. The van der Waals surface area contributed by atoms with Crippen LogP contribution in [0.2, 0.25) is 0 Å². The summed E-state index contributed by atoms with van der Waals surface area (Å²) in [5, 5.41) is 9.45. The predicted octanol–water partition coefficient (Wildman–Crippen LogP) is 7.07. The largest absolute Gasteiger partial charge is 0.481 e. The van der Waals surface area contributed by atoms with Crippen molar-refractivity contribution in [2.45, 2.75) is 78.8 Å². The van der Waals surface area contributed by atoms with E-state index in [1.165, 1.54) is 11.1 Å². The van der Waals surface area contributed by atoms with Crippen LogP contribution in [0.1, 0.15) is 73.1 Å². The van der Waals surface area contributed by atoms with Crippen LogP contribution in [0, 0.1) is 0 Å². The maximum Gasteiger partial charge on any atom is 0.344 e. The van der Waals surface area contributed by atoms with Crippen molar-refractivity contribution in [3.8, 4) is 0 Å². The molecule has 0 aliphatic heterocycles. The van der Waals surface area contributed by atoms with Gasteiger partial charge in [0, 0.05) is 0 Å². The van der Waals surface area contributed by atoms with Crippen molar-refractivity contribution >= 4 is 13.6 Å². The Hall–Kier alpha value is -1.42. The van der Waals surface area contributed by atoms with Crippen LogP contribution in [0.4, 0.5) is 0 Å². The van der Waals surface area contributed by atoms with Crippen LogP contribution in [0.5, 0.6) is 0 Å². The molecule has 5 nitrogen and oxygen atoms in total. The van der Waals surface area contributed by atoms with Gasteiger partial charge in [0.15, 0.2) is 5.66 Å². The summed E-state index contributed by atoms with van der Waals surface area (Å²) in [6, 6.07) is 0. The number of hydrogen-bond donors (Lipinski definition) is 1. The molecule has 0 aromatic heterocycles. The number of carboxylic acids is 1. The van der Waals surface area contributed by atoms with E-state index in [2.05, 4.69) is 39.5 Å². The van der Waals surface area contributed by atoms with Crippen molar-refractivity contribution in [2.75, 3.05) is 13.2 Å². The SMILES string of the molecule is C=C(/C=C/CCC(C(=O)O)P(=O)(OCC)OCC)CC/C=C(\C)CCC=C(C)C. The lowest BCUT2D eigenvalue weighted by molar-refractivity contribution is -0.137. The smallest absolute Gasteiger partial charge is 0.344 e. The molecule has 0 saturated carbocycles. The first-order valence-electron chi connectivity index (χ1n) is 10.4. The summed E-state index contributed by atoms with van der Waals surface area (Å²) < 4.78 is 23.1. The molecule has 1 N–H and O–H groups in total. The number of carbonyl (C=O) groups is 1. The molecular formula is C23H39O5P. The van der Waals surface area contributed by atoms with Crippen molar-refractivity contribution < 1.29 is 23.5 Å². The monoisotopic (exact) mass is 426 g/mol. The molecule has 0 rings (SSSR count). The van der Waals surface area contributed by atoms with E-state index in [9.17, 15) is 14.5 Å². The zero-order chi connectivity index (χ0) is 22.3. The van der Waals surface area contributed by atoms with E-state index < -0.39 is 19.2 Å². The van der Waals surface area contributed by atoms with Crippen molar-refractivity contribution in [1.29, 1.82) is 0 Å². The average molecular weight is 427 g/mol. The van der Waals surface area contributed by atoms with Gasteiger partial charge >= 0.3 is 13.6 Å². The fourth-order valence-electron chi connectivity index (χ4n) is 2.78. The van der Waals surface area contributed by atoms with Crippen LogP contribution in [0.15, 0.2) is 47.6 Å². The van der Waals surface area contributed by atoms with Gasteiger partial charge in [-0.25, -0.2) is 0 Å². The van der Waals surface area contributed by atoms with Gasteiger partial charge in [0.25, 0.3) is 0 Å². The van der Waals surface area contributed by atoms with Crippen LogP contribution in [-0.2, 0) is 18.4 Å². The topological polar surface area (TPSA) is 72.8 Å². The fraction of sp³-hybridized carbons (Fsp3) is 0.609. The van der Waals surface area contributed by atoms with Gasteiger partial charge in [-0.3, -0.25) is 9.36 Å². The Bertz CT molecular complexity index is 632. The fourth-order valence-corrected chi connectivity index (χ4v) is 4.67. The van der Waals surface area contributed by atoms with E-state index >= 15 is 0 Å². The Morgan fingerprint density at radius 1 is 1.03 bits per heavy atom. The minimum absolute atomic E-state index is 0.148. The van der Waals surface area contributed by atoms with Gasteiger partial charge in [0.05, 0.1) is 13.2 Å². The summed E-state index contributed by atoms with van der Waals surface area (Å²) >= 11 is 0. The second kappa shape index (κ2) is 15.4. The highest BCUT2D eigenvalue weighted by Crippen LogP contribution is 2.54. The normalized spacial score (nSPS) is 13.5. The second-order valence-corrected chi connectivity index (χ2v) is 9.50. The van der Waals surface area contributed by atoms with Gasteiger partial charge in [-0.05, 0) is 73.1 Å². The molecule has 0 aromatic rings. The Labute approximate surface area is 177 Å². The minimum atomic E-state index is -3.66. The van der Waals surface area contributed by atoms with E-state index in [-0.39, 0.29) is 19.6 Å². The predicted molar refractivity (Wildman–Crippen MR) is 121 cm³/mol. The lowest BCUT2D eigenvalue weighted by Crippen LogP contribution is -2.23. The molecule has 0 saturated heterocycles. The van der Waals surface area contributed by atoms with Gasteiger partial charge in [-0.2, -0.15) is 0 Å². The Morgan fingerprint density at radius 3 is 2.14 bits per heavy atom. The molecule has 0 fully saturated rings. The summed E-state index contributed by atoms with van der Waals surface area (Å²) in [4.78, 5) is 11.6. The van der Waals surface area contributed by atoms with E-state index in [1.807, 2.05) is 12.2 Å². The van der Waals surface area contributed by atoms with Gasteiger partial charge in [0.1, 0.15) is 0 Å². The molecule has 0 heterocycles. The van der Waals surface area contributed by atoms with E-state index in [0.717, 1.165) is 31.3 Å². The van der Waals surface area contributed by atoms with Crippen LogP contribution in [0.3, 0.4) is 0 Å². The molecule has 0 aromatic carbocycles. The summed E-state index contributed by atoms with van der Waals surface area (Å²) in [6.45, 7) is 14.1. The van der Waals surface area contributed by atoms with Crippen LogP contribution >= 0.6 is 7.60 Å². The summed E-state index contributed by atoms with van der Waals surface area (Å²) in [7, 11) is -3.66. The van der Waals surface area contributed by atoms with Gasteiger partial charge in [-0.15, -0.1) is 0 Å². The standard InChI is InChI=1S/C23H39O5P/c1-7-27-29(26,28-8-2)22(23(24)25)18-10-9-14-20(5)16-12-17-21(6)15-11-13-19(3)4/h9,13-14,17,22H,5,7-8,10-12,15-16,18H2,1-4,6H3,(H,24,25)/b14-9+,21-17+. The molecule has 1 atom stereocenters. The van der Waals surface area contributed by atoms with Crippen LogP contribution in [-0.4, -0.2) is 29.9 Å².